The number of anilines is 1. The summed E-state index contributed by atoms with van der Waals surface area (Å²) in [5, 5.41) is 2.62. The minimum atomic E-state index is -0.409. The number of carbonyl (C=O) groups is 1. The molecule has 0 fully saturated rings. The van der Waals surface area contributed by atoms with Gasteiger partial charge in [-0.15, -0.1) is 0 Å². The summed E-state index contributed by atoms with van der Waals surface area (Å²) >= 11 is 0. The van der Waals surface area contributed by atoms with Gasteiger partial charge in [0.05, 0.1) is 6.61 Å². The van der Waals surface area contributed by atoms with Gasteiger partial charge in [-0.05, 0) is 56.2 Å². The Kier molecular flexibility index (Phi) is 27.3. The van der Waals surface area contributed by atoms with Crippen LogP contribution in [0.1, 0.15) is 148 Å². The Labute approximate surface area is 236 Å². The molecule has 0 aliphatic heterocycles. The number of carbonyl (C=O) groups excluding carboxylic acids is 1. The van der Waals surface area contributed by atoms with E-state index in [2.05, 4.69) is 42.8 Å². The average Bonchev–Trinajstić information content (AvgIpc) is 2.90. The number of benzene rings is 1. The van der Waals surface area contributed by atoms with Crippen LogP contribution in [0.15, 0.2) is 24.3 Å². The molecule has 0 unspecified atom stereocenters. The van der Waals surface area contributed by atoms with Crippen molar-refractivity contribution in [1.29, 1.82) is 0 Å². The number of hydrogen-bond donors (Lipinski definition) is 1. The van der Waals surface area contributed by atoms with Gasteiger partial charge in [-0.2, -0.15) is 0 Å². The summed E-state index contributed by atoms with van der Waals surface area (Å²) in [4.78, 5) is 11.0. The van der Waals surface area contributed by atoms with Crippen LogP contribution >= 0.6 is 0 Å². The monoisotopic (exact) mass is 523 g/mol. The van der Waals surface area contributed by atoms with Crippen LogP contribution < -0.4 is 5.32 Å². The van der Waals surface area contributed by atoms with E-state index in [1.165, 1.54) is 109 Å². The average molecular weight is 524 g/mol. The number of aryl methyl sites for hydroxylation is 1. The smallest absolute Gasteiger partial charge is 0.411 e. The van der Waals surface area contributed by atoms with Crippen LogP contribution in [0.4, 0.5) is 10.5 Å². The Morgan fingerprint density at radius 3 is 1.55 bits per heavy atom. The van der Waals surface area contributed by atoms with E-state index < -0.39 is 6.09 Å². The highest BCUT2D eigenvalue weighted by Gasteiger charge is 2.00. The highest BCUT2D eigenvalue weighted by atomic mass is 16.5. The summed E-state index contributed by atoms with van der Waals surface area (Å²) < 4.78 is 4.74. The number of rotatable bonds is 19. The van der Waals surface area contributed by atoms with Crippen molar-refractivity contribution in [1.82, 2.24) is 0 Å². The Balaban J connectivity index is 0.000000875. The number of amides is 1. The lowest BCUT2D eigenvalue weighted by Gasteiger charge is -2.04. The zero-order valence-electron chi connectivity index (χ0n) is 25.3. The molecule has 0 spiro atoms. The third-order valence-electron chi connectivity index (χ3n) is 6.34. The highest BCUT2D eigenvalue weighted by Crippen LogP contribution is 2.11. The second kappa shape index (κ2) is 29.2. The first kappa shape index (κ1) is 35.6. The van der Waals surface area contributed by atoms with Gasteiger partial charge in [0.25, 0.3) is 0 Å². The first-order valence-corrected chi connectivity index (χ1v) is 15.6. The van der Waals surface area contributed by atoms with E-state index in [0.717, 1.165) is 24.1 Å². The molecule has 0 bridgehead atoms. The molecule has 0 atom stereocenters. The van der Waals surface area contributed by atoms with Crippen LogP contribution in [-0.4, -0.2) is 12.7 Å². The Bertz CT molecular complexity index is 793. The quantitative estimate of drug-likeness (QED) is 0.145. The molecule has 214 valence electrons. The molecule has 0 heterocycles. The van der Waals surface area contributed by atoms with Gasteiger partial charge in [-0.25, -0.2) is 4.79 Å². The molecule has 1 N–H and O–H groups in total. The third kappa shape index (κ3) is 26.7. The zero-order valence-corrected chi connectivity index (χ0v) is 25.3. The second-order valence-corrected chi connectivity index (χ2v) is 10.1. The lowest BCUT2D eigenvalue weighted by Crippen LogP contribution is -2.13. The van der Waals surface area contributed by atoms with Crippen molar-refractivity contribution in [3.8, 4) is 23.7 Å². The maximum Gasteiger partial charge on any atom is 0.411 e. The normalized spacial score (nSPS) is 9.79. The molecular weight excluding hydrogens is 466 g/mol. The molecule has 0 radical (unpaired) electrons. The van der Waals surface area contributed by atoms with Crippen molar-refractivity contribution < 1.29 is 9.53 Å². The van der Waals surface area contributed by atoms with E-state index in [9.17, 15) is 4.79 Å². The van der Waals surface area contributed by atoms with Gasteiger partial charge in [0.2, 0.25) is 0 Å². The van der Waals surface area contributed by atoms with Crippen LogP contribution in [0.5, 0.6) is 0 Å². The molecule has 38 heavy (non-hydrogen) atoms. The molecule has 3 nitrogen and oxygen atoms in total. The highest BCUT2D eigenvalue weighted by molar-refractivity contribution is 5.84. The predicted molar refractivity (Wildman–Crippen MR) is 166 cm³/mol. The minimum absolute atomic E-state index is 0.387. The number of ether oxygens (including phenoxy) is 1. The number of nitrogens with one attached hydrogen (secondary N) is 1. The molecule has 1 amide bonds. The second-order valence-electron chi connectivity index (χ2n) is 10.1. The first-order chi connectivity index (χ1) is 18.6. The predicted octanol–water partition coefficient (Wildman–Crippen LogP) is 11.0. The van der Waals surface area contributed by atoms with E-state index in [1.54, 1.807) is 6.92 Å². The third-order valence-corrected chi connectivity index (χ3v) is 6.34. The van der Waals surface area contributed by atoms with Crippen molar-refractivity contribution in [2.45, 2.75) is 150 Å². The topological polar surface area (TPSA) is 38.3 Å². The summed E-state index contributed by atoms with van der Waals surface area (Å²) in [6, 6.07) is 7.56. The fourth-order valence-electron chi connectivity index (χ4n) is 4.09. The first-order valence-electron chi connectivity index (χ1n) is 15.6. The summed E-state index contributed by atoms with van der Waals surface area (Å²) in [7, 11) is 0. The Morgan fingerprint density at radius 2 is 1.13 bits per heavy atom. The molecule has 1 rings (SSSR count). The number of unbranched alkanes of at least 4 members (excludes halogenated alkanes) is 17. The fraction of sp³-hybridized carbons (Fsp3) is 0.686. The summed E-state index contributed by atoms with van der Waals surface area (Å²) in [6.07, 6.45) is 25.1. The van der Waals surface area contributed by atoms with E-state index in [-0.39, 0.29) is 0 Å². The fourth-order valence-corrected chi connectivity index (χ4v) is 4.09. The van der Waals surface area contributed by atoms with Crippen LogP contribution in [-0.2, 0) is 4.74 Å². The summed E-state index contributed by atoms with van der Waals surface area (Å²) in [5.41, 5.74) is 1.87. The Hall–Kier alpha value is -2.39. The van der Waals surface area contributed by atoms with Crippen molar-refractivity contribution in [2.24, 2.45) is 0 Å². The van der Waals surface area contributed by atoms with Gasteiger partial charge >= 0.3 is 6.09 Å². The molecule has 1 aromatic carbocycles. The van der Waals surface area contributed by atoms with E-state index in [4.69, 9.17) is 4.74 Å². The molecule has 0 aromatic heterocycles. The van der Waals surface area contributed by atoms with Crippen LogP contribution in [0.2, 0.25) is 0 Å². The van der Waals surface area contributed by atoms with Gasteiger partial charge < -0.3 is 4.74 Å². The number of hydrogen-bond acceptors (Lipinski definition) is 2. The maximum atomic E-state index is 11.0. The maximum absolute atomic E-state index is 11.0. The van der Waals surface area contributed by atoms with Crippen LogP contribution in [0.25, 0.3) is 0 Å². The standard InChI is InChI=1S/C25H44.C10H13NO2/c1-3-5-7-9-11-13-15-17-19-21-23-25-24-22-20-18-16-14-12-10-8-6-4-2;1-3-13-10(12)11-9-6-4-5-8(2)7-9/h3-19,21,23H2,1-2H3;4-7H,3H2,1-2H3,(H,11,12). The molecule has 0 saturated carbocycles. The largest absolute Gasteiger partial charge is 0.450 e. The van der Waals surface area contributed by atoms with Crippen molar-refractivity contribution >= 4 is 11.8 Å². The van der Waals surface area contributed by atoms with Crippen LogP contribution in [0, 0.1) is 30.6 Å². The van der Waals surface area contributed by atoms with E-state index in [1.807, 2.05) is 31.2 Å². The van der Waals surface area contributed by atoms with Gasteiger partial charge in [-0.3, -0.25) is 5.32 Å². The lowest BCUT2D eigenvalue weighted by molar-refractivity contribution is 0.168. The molecular formula is C35H57NO2. The van der Waals surface area contributed by atoms with Gasteiger partial charge in [0.1, 0.15) is 0 Å². The zero-order chi connectivity index (χ0) is 27.9. The minimum Gasteiger partial charge on any atom is -0.450 e. The van der Waals surface area contributed by atoms with E-state index in [0.29, 0.717) is 6.61 Å². The molecule has 0 aliphatic carbocycles. The van der Waals surface area contributed by atoms with Crippen molar-refractivity contribution in [3.63, 3.8) is 0 Å². The van der Waals surface area contributed by atoms with Crippen molar-refractivity contribution in [2.75, 3.05) is 11.9 Å². The SMILES string of the molecule is CCCCCCCCCC#CC#CCCCCCCCCCCCC.CCOC(=O)Nc1cccc(C)c1. The summed E-state index contributed by atoms with van der Waals surface area (Å²) in [5.74, 6) is 12.5. The van der Waals surface area contributed by atoms with Crippen LogP contribution in [0.3, 0.4) is 0 Å². The summed E-state index contributed by atoms with van der Waals surface area (Å²) in [6.45, 7) is 8.68. The Morgan fingerprint density at radius 1 is 0.684 bits per heavy atom. The molecule has 0 saturated heterocycles. The molecule has 0 aliphatic rings. The molecule has 3 heteroatoms. The van der Waals surface area contributed by atoms with Gasteiger partial charge in [0.15, 0.2) is 0 Å². The van der Waals surface area contributed by atoms with Gasteiger partial charge in [0, 0.05) is 18.5 Å². The lowest BCUT2D eigenvalue weighted by atomic mass is 10.1. The van der Waals surface area contributed by atoms with Crippen molar-refractivity contribution in [3.05, 3.63) is 29.8 Å². The van der Waals surface area contributed by atoms with E-state index >= 15 is 0 Å². The van der Waals surface area contributed by atoms with Gasteiger partial charge in [-0.1, -0.05) is 134 Å². The molecule has 1 aromatic rings.